The lowest BCUT2D eigenvalue weighted by atomic mass is 9.84. The first kappa shape index (κ1) is 13.6. The summed E-state index contributed by atoms with van der Waals surface area (Å²) in [5.41, 5.74) is 0.922. The Morgan fingerprint density at radius 3 is 2.50 bits per heavy atom. The summed E-state index contributed by atoms with van der Waals surface area (Å²) in [4.78, 5) is 12.2. The van der Waals surface area contributed by atoms with Gasteiger partial charge in [-0.1, -0.05) is 18.6 Å². The van der Waals surface area contributed by atoms with E-state index in [4.69, 9.17) is 4.74 Å². The Labute approximate surface area is 118 Å². The van der Waals surface area contributed by atoms with Crippen molar-refractivity contribution in [2.75, 3.05) is 6.61 Å². The van der Waals surface area contributed by atoms with Gasteiger partial charge in [0.05, 0.1) is 12.1 Å². The maximum absolute atomic E-state index is 13.1. The van der Waals surface area contributed by atoms with Crippen molar-refractivity contribution >= 4 is 5.91 Å². The summed E-state index contributed by atoms with van der Waals surface area (Å²) < 4.78 is 18.8. The van der Waals surface area contributed by atoms with Crippen molar-refractivity contribution in [1.82, 2.24) is 5.32 Å². The molecule has 1 aliphatic carbocycles. The number of nitrogens with one attached hydrogen (secondary N) is 1. The Morgan fingerprint density at radius 1 is 1.20 bits per heavy atom. The molecule has 20 heavy (non-hydrogen) atoms. The van der Waals surface area contributed by atoms with E-state index in [0.717, 1.165) is 44.3 Å². The van der Waals surface area contributed by atoms with Crippen LogP contribution in [-0.4, -0.2) is 18.6 Å². The van der Waals surface area contributed by atoms with Crippen LogP contribution in [0.2, 0.25) is 0 Å². The minimum Gasteiger partial charge on any atom is -0.376 e. The van der Waals surface area contributed by atoms with Crippen LogP contribution in [0.5, 0.6) is 0 Å². The number of amides is 1. The van der Waals surface area contributed by atoms with Gasteiger partial charge in [0.1, 0.15) is 5.82 Å². The van der Waals surface area contributed by atoms with Crippen LogP contribution in [0, 0.1) is 11.7 Å². The molecule has 1 aliphatic heterocycles. The highest BCUT2D eigenvalue weighted by molar-refractivity contribution is 5.79. The van der Waals surface area contributed by atoms with E-state index in [0.29, 0.717) is 0 Å². The third-order valence-corrected chi connectivity index (χ3v) is 4.34. The van der Waals surface area contributed by atoms with Gasteiger partial charge in [-0.2, -0.15) is 0 Å². The number of hydrogen-bond donors (Lipinski definition) is 1. The van der Waals surface area contributed by atoms with Crippen LogP contribution < -0.4 is 5.32 Å². The summed E-state index contributed by atoms with van der Waals surface area (Å²) in [5.74, 6) is 0.00517. The molecule has 0 radical (unpaired) electrons. The zero-order chi connectivity index (χ0) is 13.9. The van der Waals surface area contributed by atoms with Crippen LogP contribution in [0.1, 0.15) is 43.7 Å². The highest BCUT2D eigenvalue weighted by Crippen LogP contribution is 2.30. The van der Waals surface area contributed by atoms with E-state index in [2.05, 4.69) is 5.32 Å². The van der Waals surface area contributed by atoms with E-state index < -0.39 is 0 Å². The zero-order valence-electron chi connectivity index (χ0n) is 11.5. The molecule has 2 atom stereocenters. The van der Waals surface area contributed by atoms with E-state index in [-0.39, 0.29) is 29.8 Å². The number of halogens is 1. The smallest absolute Gasteiger partial charge is 0.223 e. The molecule has 108 valence electrons. The van der Waals surface area contributed by atoms with Crippen LogP contribution >= 0.6 is 0 Å². The largest absolute Gasteiger partial charge is 0.376 e. The van der Waals surface area contributed by atoms with Crippen LogP contribution in [0.15, 0.2) is 24.3 Å². The number of carbonyl (C=O) groups is 1. The Hall–Kier alpha value is -1.42. The number of benzene rings is 1. The highest BCUT2D eigenvalue weighted by Gasteiger charge is 2.32. The lowest BCUT2D eigenvalue weighted by Crippen LogP contribution is -2.41. The van der Waals surface area contributed by atoms with E-state index in [9.17, 15) is 9.18 Å². The summed E-state index contributed by atoms with van der Waals surface area (Å²) in [6, 6.07) is 6.19. The first-order valence-corrected chi connectivity index (χ1v) is 7.41. The summed E-state index contributed by atoms with van der Waals surface area (Å²) in [7, 11) is 0. The molecule has 0 bridgehead atoms. The fourth-order valence-electron chi connectivity index (χ4n) is 2.87. The standard InChI is InChI=1S/C16H20FNO2/c17-13-8-6-11(7-9-13)15(14-5-2-10-20-14)18-16(19)12-3-1-4-12/h6-9,12,14-15H,1-5,10H2,(H,18,19)/t14-,15-/m1/s1. The SMILES string of the molecule is O=C(N[C@H](c1ccc(F)cc1)[C@H]1CCCO1)C1CCC1. The van der Waals surface area contributed by atoms with Gasteiger partial charge in [0.15, 0.2) is 0 Å². The molecule has 1 aromatic rings. The Kier molecular flexibility index (Phi) is 4.01. The van der Waals surface area contributed by atoms with Crippen molar-refractivity contribution in [3.05, 3.63) is 35.6 Å². The minimum atomic E-state index is -0.259. The van der Waals surface area contributed by atoms with Crippen LogP contribution in [-0.2, 0) is 9.53 Å². The third-order valence-electron chi connectivity index (χ3n) is 4.34. The van der Waals surface area contributed by atoms with Crippen molar-refractivity contribution in [3.8, 4) is 0 Å². The molecule has 1 saturated heterocycles. The predicted octanol–water partition coefficient (Wildman–Crippen LogP) is 2.96. The van der Waals surface area contributed by atoms with Gasteiger partial charge in [0, 0.05) is 12.5 Å². The monoisotopic (exact) mass is 277 g/mol. The lowest BCUT2D eigenvalue weighted by molar-refractivity contribution is -0.129. The molecule has 3 rings (SSSR count). The van der Waals surface area contributed by atoms with E-state index in [1.807, 2.05) is 0 Å². The fraction of sp³-hybridized carbons (Fsp3) is 0.562. The second-order valence-corrected chi connectivity index (χ2v) is 5.72. The van der Waals surface area contributed by atoms with Gasteiger partial charge in [-0.15, -0.1) is 0 Å². The Morgan fingerprint density at radius 2 is 1.95 bits per heavy atom. The predicted molar refractivity (Wildman–Crippen MR) is 73.6 cm³/mol. The molecular weight excluding hydrogens is 257 g/mol. The number of carbonyl (C=O) groups excluding carboxylic acids is 1. The van der Waals surface area contributed by atoms with E-state index in [1.165, 1.54) is 12.1 Å². The first-order chi connectivity index (χ1) is 9.74. The van der Waals surface area contributed by atoms with Crippen LogP contribution in [0.25, 0.3) is 0 Å². The van der Waals surface area contributed by atoms with Crippen LogP contribution in [0.3, 0.4) is 0 Å². The van der Waals surface area contributed by atoms with Gasteiger partial charge < -0.3 is 10.1 Å². The molecule has 2 fully saturated rings. The molecule has 0 unspecified atom stereocenters. The Balaban J connectivity index is 1.75. The van der Waals surface area contributed by atoms with E-state index >= 15 is 0 Å². The quantitative estimate of drug-likeness (QED) is 0.919. The van der Waals surface area contributed by atoms with E-state index in [1.54, 1.807) is 12.1 Å². The summed E-state index contributed by atoms with van der Waals surface area (Å²) >= 11 is 0. The molecule has 0 aromatic heterocycles. The summed E-state index contributed by atoms with van der Waals surface area (Å²) in [6.45, 7) is 0.738. The van der Waals surface area contributed by atoms with Gasteiger partial charge in [0.25, 0.3) is 0 Å². The summed E-state index contributed by atoms with van der Waals surface area (Å²) in [6.07, 6.45) is 5.05. The second kappa shape index (κ2) is 5.92. The molecule has 1 heterocycles. The van der Waals surface area contributed by atoms with Gasteiger partial charge in [-0.05, 0) is 43.4 Å². The maximum atomic E-state index is 13.1. The normalized spacial score (nSPS) is 24.1. The topological polar surface area (TPSA) is 38.3 Å². The van der Waals surface area contributed by atoms with Crippen molar-refractivity contribution in [2.45, 2.75) is 44.2 Å². The number of ether oxygens (including phenoxy) is 1. The molecule has 3 nitrogen and oxygen atoms in total. The van der Waals surface area contributed by atoms with Crippen molar-refractivity contribution < 1.29 is 13.9 Å². The van der Waals surface area contributed by atoms with Gasteiger partial charge in [-0.3, -0.25) is 4.79 Å². The molecule has 1 amide bonds. The molecule has 4 heteroatoms. The average Bonchev–Trinajstić information content (AvgIpc) is 2.88. The lowest BCUT2D eigenvalue weighted by Gasteiger charge is -2.30. The molecule has 2 aliphatic rings. The van der Waals surface area contributed by atoms with Gasteiger partial charge >= 0.3 is 0 Å². The molecule has 0 spiro atoms. The minimum absolute atomic E-state index is 0.00416. The average molecular weight is 277 g/mol. The third kappa shape index (κ3) is 2.85. The van der Waals surface area contributed by atoms with Crippen molar-refractivity contribution in [2.24, 2.45) is 5.92 Å². The Bertz CT molecular complexity index is 464. The van der Waals surface area contributed by atoms with Gasteiger partial charge in [0.2, 0.25) is 5.91 Å². The van der Waals surface area contributed by atoms with Crippen molar-refractivity contribution in [1.29, 1.82) is 0 Å². The number of hydrogen-bond acceptors (Lipinski definition) is 2. The highest BCUT2D eigenvalue weighted by atomic mass is 19.1. The number of rotatable bonds is 4. The van der Waals surface area contributed by atoms with Gasteiger partial charge in [-0.25, -0.2) is 4.39 Å². The molecule has 1 saturated carbocycles. The second-order valence-electron chi connectivity index (χ2n) is 5.72. The van der Waals surface area contributed by atoms with Crippen LogP contribution in [0.4, 0.5) is 4.39 Å². The zero-order valence-corrected chi connectivity index (χ0v) is 11.5. The fourth-order valence-corrected chi connectivity index (χ4v) is 2.87. The summed E-state index contributed by atoms with van der Waals surface area (Å²) in [5, 5.41) is 3.11. The van der Waals surface area contributed by atoms with Crippen molar-refractivity contribution in [3.63, 3.8) is 0 Å². The molecule has 1 N–H and O–H groups in total. The maximum Gasteiger partial charge on any atom is 0.223 e. The first-order valence-electron chi connectivity index (χ1n) is 7.41. The molecular formula is C16H20FNO2. The molecule has 1 aromatic carbocycles.